The molecule has 1 aromatic carbocycles. The van der Waals surface area contributed by atoms with Crippen LogP contribution in [0.5, 0.6) is 0 Å². The third kappa shape index (κ3) is 2.05. The van der Waals surface area contributed by atoms with Crippen LogP contribution in [0.1, 0.15) is 6.92 Å². The van der Waals surface area contributed by atoms with E-state index in [9.17, 15) is 13.6 Å². The van der Waals surface area contributed by atoms with Crippen molar-refractivity contribution in [2.45, 2.75) is 19.4 Å². The molecule has 16 heavy (non-hydrogen) atoms. The van der Waals surface area contributed by atoms with Gasteiger partial charge in [-0.2, -0.15) is 0 Å². The Morgan fingerprint density at radius 2 is 1.94 bits per heavy atom. The van der Waals surface area contributed by atoms with Gasteiger partial charge in [0.25, 0.3) is 6.43 Å². The van der Waals surface area contributed by atoms with E-state index in [0.29, 0.717) is 16.7 Å². The molecule has 0 saturated heterocycles. The van der Waals surface area contributed by atoms with Gasteiger partial charge in [-0.05, 0) is 25.1 Å². The van der Waals surface area contributed by atoms with Crippen LogP contribution < -0.4 is 11.0 Å². The lowest BCUT2D eigenvalue weighted by molar-refractivity contribution is 0.131. The van der Waals surface area contributed by atoms with E-state index >= 15 is 0 Å². The van der Waals surface area contributed by atoms with E-state index in [1.165, 1.54) is 6.92 Å². The molecule has 3 N–H and O–H groups in total. The third-order valence-corrected chi connectivity index (χ3v) is 2.29. The van der Waals surface area contributed by atoms with Crippen LogP contribution in [-0.4, -0.2) is 22.4 Å². The van der Waals surface area contributed by atoms with Crippen molar-refractivity contribution < 1.29 is 8.78 Å². The first kappa shape index (κ1) is 10.7. The maximum atomic E-state index is 12.3. The number of alkyl halides is 2. The second-order valence-electron chi connectivity index (χ2n) is 3.61. The van der Waals surface area contributed by atoms with E-state index in [4.69, 9.17) is 0 Å². The second-order valence-corrected chi connectivity index (χ2v) is 3.61. The molecule has 0 radical (unpaired) electrons. The molecule has 6 heteroatoms. The van der Waals surface area contributed by atoms with Gasteiger partial charge in [-0.25, -0.2) is 13.6 Å². The Labute approximate surface area is 89.7 Å². The summed E-state index contributed by atoms with van der Waals surface area (Å²) in [6.45, 7) is 1.40. The van der Waals surface area contributed by atoms with Crippen molar-refractivity contribution in [1.29, 1.82) is 0 Å². The lowest BCUT2D eigenvalue weighted by Gasteiger charge is -2.13. The predicted molar refractivity (Wildman–Crippen MR) is 58.0 cm³/mol. The van der Waals surface area contributed by atoms with Gasteiger partial charge in [-0.3, -0.25) is 0 Å². The number of aromatic nitrogens is 2. The van der Waals surface area contributed by atoms with Crippen LogP contribution in [0.25, 0.3) is 11.0 Å². The summed E-state index contributed by atoms with van der Waals surface area (Å²) in [5.74, 6) is 0. The highest BCUT2D eigenvalue weighted by molar-refractivity contribution is 5.78. The third-order valence-electron chi connectivity index (χ3n) is 2.29. The zero-order valence-electron chi connectivity index (χ0n) is 8.55. The average Bonchev–Trinajstić information content (AvgIpc) is 2.57. The number of fused-ring (bicyclic) bond motifs is 1. The number of hydrogen-bond donors (Lipinski definition) is 3. The van der Waals surface area contributed by atoms with Crippen molar-refractivity contribution in [3.05, 3.63) is 28.7 Å². The maximum absolute atomic E-state index is 12.3. The van der Waals surface area contributed by atoms with E-state index in [1.54, 1.807) is 18.2 Å². The molecule has 0 aliphatic carbocycles. The van der Waals surface area contributed by atoms with Crippen LogP contribution in [0.2, 0.25) is 0 Å². The molecule has 2 aromatic rings. The topological polar surface area (TPSA) is 60.7 Å². The number of imidazole rings is 1. The fourth-order valence-corrected chi connectivity index (χ4v) is 1.45. The number of hydrogen-bond acceptors (Lipinski definition) is 2. The number of nitrogens with one attached hydrogen (secondary N) is 3. The molecule has 4 nitrogen and oxygen atoms in total. The van der Waals surface area contributed by atoms with Crippen LogP contribution in [-0.2, 0) is 0 Å². The molecular formula is C10H11F2N3O. The van der Waals surface area contributed by atoms with Crippen LogP contribution >= 0.6 is 0 Å². The molecule has 0 fully saturated rings. The Kier molecular flexibility index (Phi) is 2.64. The highest BCUT2D eigenvalue weighted by atomic mass is 19.3. The van der Waals surface area contributed by atoms with Gasteiger partial charge in [-0.15, -0.1) is 0 Å². The molecule has 0 bridgehead atoms. The Bertz CT molecular complexity index is 546. The Morgan fingerprint density at radius 3 is 2.62 bits per heavy atom. The summed E-state index contributed by atoms with van der Waals surface area (Å²) >= 11 is 0. The van der Waals surface area contributed by atoms with E-state index < -0.39 is 12.5 Å². The van der Waals surface area contributed by atoms with E-state index in [2.05, 4.69) is 15.3 Å². The number of H-pyrrole nitrogens is 2. The molecule has 0 saturated carbocycles. The SMILES string of the molecule is CC(Nc1ccc2[nH]c(=O)[nH]c2c1)C(F)F. The minimum atomic E-state index is -2.43. The largest absolute Gasteiger partial charge is 0.377 e. The number of aromatic amines is 2. The van der Waals surface area contributed by atoms with Gasteiger partial charge >= 0.3 is 5.69 Å². The van der Waals surface area contributed by atoms with Gasteiger partial charge in [0.2, 0.25) is 0 Å². The molecule has 1 heterocycles. The molecule has 86 valence electrons. The summed E-state index contributed by atoms with van der Waals surface area (Å²) in [5, 5.41) is 2.66. The average molecular weight is 227 g/mol. The van der Waals surface area contributed by atoms with Crippen LogP contribution in [0.4, 0.5) is 14.5 Å². The highest BCUT2D eigenvalue weighted by Gasteiger charge is 2.13. The molecule has 1 atom stereocenters. The fraction of sp³-hybridized carbons (Fsp3) is 0.300. The zero-order chi connectivity index (χ0) is 11.7. The van der Waals surface area contributed by atoms with Gasteiger partial charge in [-0.1, -0.05) is 0 Å². The van der Waals surface area contributed by atoms with Crippen molar-refractivity contribution >= 4 is 16.7 Å². The van der Waals surface area contributed by atoms with Crippen molar-refractivity contribution in [2.75, 3.05) is 5.32 Å². The fourth-order valence-electron chi connectivity index (χ4n) is 1.45. The van der Waals surface area contributed by atoms with Crippen molar-refractivity contribution in [1.82, 2.24) is 9.97 Å². The van der Waals surface area contributed by atoms with Gasteiger partial charge in [0.1, 0.15) is 0 Å². The Balaban J connectivity index is 2.28. The summed E-state index contributed by atoms with van der Waals surface area (Å²) in [4.78, 5) is 16.1. The Hall–Kier alpha value is -1.85. The normalized spacial score (nSPS) is 13.2. The first-order chi connectivity index (χ1) is 7.56. The number of halogens is 2. The van der Waals surface area contributed by atoms with Gasteiger partial charge in [0, 0.05) is 5.69 Å². The Morgan fingerprint density at radius 1 is 1.25 bits per heavy atom. The minimum Gasteiger partial charge on any atom is -0.377 e. The molecule has 0 aliphatic rings. The van der Waals surface area contributed by atoms with Crippen LogP contribution in [0, 0.1) is 0 Å². The highest BCUT2D eigenvalue weighted by Crippen LogP contribution is 2.16. The van der Waals surface area contributed by atoms with E-state index in [-0.39, 0.29) is 5.69 Å². The predicted octanol–water partition coefficient (Wildman–Crippen LogP) is 1.92. The first-order valence-corrected chi connectivity index (χ1v) is 4.83. The lowest BCUT2D eigenvalue weighted by Crippen LogP contribution is -2.23. The molecule has 0 spiro atoms. The molecule has 2 rings (SSSR count). The standard InChI is InChI=1S/C10H11F2N3O/c1-5(9(11)12)13-6-2-3-7-8(4-6)15-10(16)14-7/h2-5,9,13H,1H3,(H2,14,15,16). The first-order valence-electron chi connectivity index (χ1n) is 4.83. The van der Waals surface area contributed by atoms with Crippen LogP contribution in [0.15, 0.2) is 23.0 Å². The quantitative estimate of drug-likeness (QED) is 0.750. The maximum Gasteiger partial charge on any atom is 0.323 e. The summed E-state index contributed by atoms with van der Waals surface area (Å²) in [5.41, 5.74) is 1.49. The summed E-state index contributed by atoms with van der Waals surface area (Å²) in [6.07, 6.45) is -2.43. The molecule has 1 unspecified atom stereocenters. The lowest BCUT2D eigenvalue weighted by atomic mass is 10.2. The van der Waals surface area contributed by atoms with E-state index in [1.807, 2.05) is 0 Å². The molecule has 0 amide bonds. The van der Waals surface area contributed by atoms with Crippen LogP contribution in [0.3, 0.4) is 0 Å². The smallest absolute Gasteiger partial charge is 0.323 e. The van der Waals surface area contributed by atoms with Gasteiger partial charge < -0.3 is 15.3 Å². The number of benzene rings is 1. The summed E-state index contributed by atoms with van der Waals surface area (Å²) in [6, 6.07) is 3.99. The summed E-state index contributed by atoms with van der Waals surface area (Å²) in [7, 11) is 0. The number of rotatable bonds is 3. The minimum absolute atomic E-state index is 0.311. The monoisotopic (exact) mass is 227 g/mol. The van der Waals surface area contributed by atoms with Gasteiger partial charge in [0.15, 0.2) is 0 Å². The van der Waals surface area contributed by atoms with Crippen molar-refractivity contribution in [2.24, 2.45) is 0 Å². The zero-order valence-corrected chi connectivity index (χ0v) is 8.55. The van der Waals surface area contributed by atoms with Crippen molar-refractivity contribution in [3.8, 4) is 0 Å². The molecular weight excluding hydrogens is 216 g/mol. The molecule has 1 aromatic heterocycles. The summed E-state index contributed by atoms with van der Waals surface area (Å²) < 4.78 is 24.6. The second kappa shape index (κ2) is 3.96. The van der Waals surface area contributed by atoms with Gasteiger partial charge in [0.05, 0.1) is 17.1 Å². The van der Waals surface area contributed by atoms with Crippen molar-refractivity contribution in [3.63, 3.8) is 0 Å². The molecule has 0 aliphatic heterocycles. The van der Waals surface area contributed by atoms with E-state index in [0.717, 1.165) is 0 Å². The number of anilines is 1.